The van der Waals surface area contributed by atoms with Crippen molar-refractivity contribution in [3.63, 3.8) is 0 Å². The van der Waals surface area contributed by atoms with E-state index in [9.17, 15) is 0 Å². The van der Waals surface area contributed by atoms with Gasteiger partial charge in [0.05, 0.1) is 0 Å². The van der Waals surface area contributed by atoms with Crippen molar-refractivity contribution in [2.24, 2.45) is 0 Å². The summed E-state index contributed by atoms with van der Waals surface area (Å²) in [5.41, 5.74) is 0. The van der Waals surface area contributed by atoms with E-state index in [1.54, 1.807) is 0 Å². The molecule has 0 aromatic rings. The summed E-state index contributed by atoms with van der Waals surface area (Å²) in [5.74, 6) is 0. The van der Waals surface area contributed by atoms with E-state index < -0.39 is 19.8 Å². The molecule has 0 aliphatic heterocycles. The molecule has 39 valence electrons. The van der Waals surface area contributed by atoms with Crippen LogP contribution in [0, 0.1) is 0 Å². The van der Waals surface area contributed by atoms with Crippen LogP contribution in [0.1, 0.15) is 0 Å². The van der Waals surface area contributed by atoms with Crippen molar-refractivity contribution in [1.29, 1.82) is 0 Å². The zero-order valence-electron chi connectivity index (χ0n) is 4.95. The van der Waals surface area contributed by atoms with Gasteiger partial charge in [0.15, 0.2) is 0 Å². The summed E-state index contributed by atoms with van der Waals surface area (Å²) in [6, 6.07) is 0. The summed E-state index contributed by atoms with van der Waals surface area (Å²) in [5, 5.41) is 7.00. The maximum absolute atomic E-state index is 7.00. The normalized spacial score (nSPS) is 7.00. The predicted octanol–water partition coefficient (Wildman–Crippen LogP) is 0.979. The standard InChI is InChI=1S/CH4O.3CH3.Sn/c1-2;;;;/h2H,1H3;3*1H3;. The zero-order chi connectivity index (χ0) is 5.58. The van der Waals surface area contributed by atoms with Crippen LogP contribution < -0.4 is 0 Å². The molecule has 0 amide bonds. The van der Waals surface area contributed by atoms with Crippen LogP contribution in [-0.4, -0.2) is 32.0 Å². The summed E-state index contributed by atoms with van der Waals surface area (Å²) >= 11 is -0.543. The Balaban J connectivity index is 0. The molecule has 0 atom stereocenters. The van der Waals surface area contributed by atoms with Crippen LogP contribution in [0.4, 0.5) is 0 Å². The van der Waals surface area contributed by atoms with Gasteiger partial charge in [-0.25, -0.2) is 0 Å². The second-order valence-electron chi connectivity index (χ2n) is 1.50. The third-order valence-electron chi connectivity index (χ3n) is 0. The average molecular weight is 196 g/mol. The van der Waals surface area contributed by atoms with Gasteiger partial charge in [0.2, 0.25) is 0 Å². The molecular weight excluding hydrogens is 183 g/mol. The van der Waals surface area contributed by atoms with Crippen LogP contribution >= 0.6 is 0 Å². The molecule has 0 aliphatic carbocycles. The molecule has 0 heterocycles. The molecule has 1 N–H and O–H groups in total. The first-order valence-corrected chi connectivity index (χ1v) is 10.5. The molecule has 6 heavy (non-hydrogen) atoms. The fraction of sp³-hybridized carbons (Fsp3) is 1.00. The molecule has 0 aromatic carbocycles. The molecule has 0 saturated heterocycles. The van der Waals surface area contributed by atoms with Gasteiger partial charge in [-0.3, -0.25) is 0 Å². The average Bonchev–Trinajstić information content (AvgIpc) is 1.41. The van der Waals surface area contributed by atoms with Gasteiger partial charge in [-0.2, -0.15) is 0 Å². The Kier molecular flexibility index (Phi) is 15.2. The van der Waals surface area contributed by atoms with E-state index in [4.69, 9.17) is 5.11 Å². The van der Waals surface area contributed by atoms with Crippen molar-refractivity contribution in [2.75, 3.05) is 7.11 Å². The van der Waals surface area contributed by atoms with Crippen molar-refractivity contribution in [3.8, 4) is 0 Å². The summed E-state index contributed by atoms with van der Waals surface area (Å²) in [6.45, 7) is 0. The van der Waals surface area contributed by atoms with Crippen LogP contribution in [-0.2, 0) is 0 Å². The number of aliphatic hydroxyl groups is 1. The summed E-state index contributed by atoms with van der Waals surface area (Å²) < 4.78 is 0. The molecule has 1 radical (unpaired) electrons. The second-order valence-corrected chi connectivity index (χ2v) is 10.1. The summed E-state index contributed by atoms with van der Waals surface area (Å²) in [7, 11) is 1.00. The Labute approximate surface area is 47.1 Å². The van der Waals surface area contributed by atoms with Gasteiger partial charge in [0.25, 0.3) is 0 Å². The first kappa shape index (κ1) is 9.90. The van der Waals surface area contributed by atoms with Gasteiger partial charge < -0.3 is 5.11 Å². The molecule has 2 heteroatoms. The first-order chi connectivity index (χ1) is 2.73. The predicted molar refractivity (Wildman–Crippen MR) is 31.5 cm³/mol. The Morgan fingerprint density at radius 2 is 1.00 bits per heavy atom. The van der Waals surface area contributed by atoms with Gasteiger partial charge >= 0.3 is 34.6 Å². The van der Waals surface area contributed by atoms with Crippen molar-refractivity contribution < 1.29 is 5.11 Å². The van der Waals surface area contributed by atoms with Crippen LogP contribution in [0.25, 0.3) is 0 Å². The zero-order valence-corrected chi connectivity index (χ0v) is 7.80. The fourth-order valence-corrected chi connectivity index (χ4v) is 0. The van der Waals surface area contributed by atoms with E-state index in [-0.39, 0.29) is 0 Å². The SMILES string of the molecule is CO.[CH3][Sn]([CH3])[CH3]. The van der Waals surface area contributed by atoms with Crippen LogP contribution in [0.2, 0.25) is 14.8 Å². The second kappa shape index (κ2) is 9.23. The summed E-state index contributed by atoms with van der Waals surface area (Å²) in [4.78, 5) is 7.09. The first-order valence-electron chi connectivity index (χ1n) is 1.95. The molecule has 0 rings (SSSR count). The van der Waals surface area contributed by atoms with Crippen LogP contribution in [0.15, 0.2) is 0 Å². The topological polar surface area (TPSA) is 20.2 Å². The number of rotatable bonds is 0. The van der Waals surface area contributed by atoms with Gasteiger partial charge in [0.1, 0.15) is 0 Å². The van der Waals surface area contributed by atoms with Crippen LogP contribution in [0.3, 0.4) is 0 Å². The maximum atomic E-state index is 7.00. The molecule has 0 unspecified atom stereocenters. The van der Waals surface area contributed by atoms with E-state index in [2.05, 4.69) is 14.8 Å². The number of aliphatic hydroxyl groups excluding tert-OH is 1. The van der Waals surface area contributed by atoms with Crippen molar-refractivity contribution >= 4 is 19.8 Å². The Hall–Kier alpha value is 0.759. The van der Waals surface area contributed by atoms with Crippen molar-refractivity contribution in [2.45, 2.75) is 14.8 Å². The molecule has 0 saturated carbocycles. The van der Waals surface area contributed by atoms with E-state index in [1.807, 2.05) is 0 Å². The fourth-order valence-electron chi connectivity index (χ4n) is 0. The van der Waals surface area contributed by atoms with Gasteiger partial charge in [-0.15, -0.1) is 0 Å². The number of hydrogen-bond donors (Lipinski definition) is 1. The Morgan fingerprint density at radius 3 is 1.00 bits per heavy atom. The molecule has 0 fully saturated rings. The van der Waals surface area contributed by atoms with E-state index in [0.29, 0.717) is 0 Å². The Bertz CT molecular complexity index is 12.3. The van der Waals surface area contributed by atoms with E-state index in [0.717, 1.165) is 7.11 Å². The quantitative estimate of drug-likeness (QED) is 0.572. The van der Waals surface area contributed by atoms with Gasteiger partial charge in [0, 0.05) is 7.11 Å². The van der Waals surface area contributed by atoms with E-state index in [1.165, 1.54) is 0 Å². The third kappa shape index (κ3) is 117. The van der Waals surface area contributed by atoms with E-state index >= 15 is 0 Å². The Morgan fingerprint density at radius 1 is 1.00 bits per heavy atom. The molecule has 1 nitrogen and oxygen atoms in total. The van der Waals surface area contributed by atoms with Gasteiger partial charge in [-0.05, 0) is 0 Å². The molecular formula is C4H13OSn. The molecule has 0 bridgehead atoms. The van der Waals surface area contributed by atoms with Gasteiger partial charge in [-0.1, -0.05) is 0 Å². The number of hydrogen-bond acceptors (Lipinski definition) is 1. The minimum absolute atomic E-state index is 0.543. The summed E-state index contributed by atoms with van der Waals surface area (Å²) in [6.07, 6.45) is 0. The molecule has 0 aromatic heterocycles. The molecule has 0 aliphatic rings. The molecule has 0 spiro atoms. The minimum atomic E-state index is -0.543. The van der Waals surface area contributed by atoms with Crippen LogP contribution in [0.5, 0.6) is 0 Å². The van der Waals surface area contributed by atoms with Crippen molar-refractivity contribution in [1.82, 2.24) is 0 Å². The monoisotopic (exact) mass is 197 g/mol. The van der Waals surface area contributed by atoms with Crippen molar-refractivity contribution in [3.05, 3.63) is 0 Å². The third-order valence-corrected chi connectivity index (χ3v) is 0.